The highest BCUT2D eigenvalue weighted by Gasteiger charge is 2.41. The molecule has 0 aromatic rings. The van der Waals surface area contributed by atoms with Crippen LogP contribution in [0.25, 0.3) is 0 Å². The first-order valence-electron chi connectivity index (χ1n) is 3.48. The monoisotopic (exact) mass is 138 g/mol. The number of amides is 1. The van der Waals surface area contributed by atoms with E-state index in [1.54, 1.807) is 6.19 Å². The van der Waals surface area contributed by atoms with Gasteiger partial charge in [-0.1, -0.05) is 13.3 Å². The van der Waals surface area contributed by atoms with Crippen LogP contribution in [0.2, 0.25) is 0 Å². The molecule has 0 aliphatic heterocycles. The Kier molecular flexibility index (Phi) is 1.91. The van der Waals surface area contributed by atoms with Crippen molar-refractivity contribution in [1.82, 2.24) is 5.32 Å². The number of nitriles is 1. The first-order valence-corrected chi connectivity index (χ1v) is 3.48. The van der Waals surface area contributed by atoms with E-state index in [9.17, 15) is 4.79 Å². The molecule has 1 fully saturated rings. The minimum atomic E-state index is -0.102. The van der Waals surface area contributed by atoms with Gasteiger partial charge in [0, 0.05) is 5.92 Å². The second-order valence-corrected chi connectivity index (χ2v) is 2.61. The van der Waals surface area contributed by atoms with Gasteiger partial charge in [-0.15, -0.1) is 0 Å². The Hall–Kier alpha value is -1.04. The summed E-state index contributed by atoms with van der Waals surface area (Å²) in [4.78, 5) is 10.8. The summed E-state index contributed by atoms with van der Waals surface area (Å²) in [5.41, 5.74) is 0. The lowest BCUT2D eigenvalue weighted by molar-refractivity contribution is -0.121. The SMILES string of the molecule is CC[C@@H]1C[C@H]1C(=O)NC#N. The normalized spacial score (nSPS) is 28.8. The summed E-state index contributed by atoms with van der Waals surface area (Å²) in [5.74, 6) is 0.562. The molecule has 0 unspecified atom stereocenters. The van der Waals surface area contributed by atoms with Gasteiger partial charge in [0.2, 0.25) is 5.91 Å². The molecule has 1 aliphatic rings. The molecular formula is C7H10N2O. The molecule has 3 heteroatoms. The van der Waals surface area contributed by atoms with Crippen molar-refractivity contribution in [2.45, 2.75) is 19.8 Å². The third-order valence-corrected chi connectivity index (χ3v) is 1.96. The molecule has 0 radical (unpaired) electrons. The maximum absolute atomic E-state index is 10.8. The molecule has 10 heavy (non-hydrogen) atoms. The molecule has 0 aromatic heterocycles. The van der Waals surface area contributed by atoms with Gasteiger partial charge in [0.1, 0.15) is 0 Å². The molecule has 0 bridgehead atoms. The van der Waals surface area contributed by atoms with E-state index in [-0.39, 0.29) is 11.8 Å². The zero-order valence-corrected chi connectivity index (χ0v) is 5.92. The van der Waals surface area contributed by atoms with Gasteiger partial charge in [-0.25, -0.2) is 0 Å². The lowest BCUT2D eigenvalue weighted by atomic mass is 10.2. The van der Waals surface area contributed by atoms with E-state index in [0.29, 0.717) is 5.92 Å². The predicted molar refractivity (Wildman–Crippen MR) is 35.6 cm³/mol. The van der Waals surface area contributed by atoms with Gasteiger partial charge < -0.3 is 0 Å². The minimum Gasteiger partial charge on any atom is -0.274 e. The van der Waals surface area contributed by atoms with Crippen molar-refractivity contribution in [1.29, 1.82) is 5.26 Å². The molecule has 0 saturated heterocycles. The van der Waals surface area contributed by atoms with Gasteiger partial charge >= 0.3 is 0 Å². The number of hydrogen-bond donors (Lipinski definition) is 1. The molecule has 3 nitrogen and oxygen atoms in total. The smallest absolute Gasteiger partial charge is 0.236 e. The second kappa shape index (κ2) is 2.70. The van der Waals surface area contributed by atoms with Crippen LogP contribution in [0.5, 0.6) is 0 Å². The standard InChI is InChI=1S/C7H10N2O/c1-2-5-3-6(5)7(10)9-4-8/h5-6H,2-3H2,1H3,(H,9,10)/t5-,6-/m1/s1. The van der Waals surface area contributed by atoms with Crippen LogP contribution in [0, 0.1) is 23.3 Å². The van der Waals surface area contributed by atoms with E-state index < -0.39 is 0 Å². The Morgan fingerprint density at radius 3 is 3.00 bits per heavy atom. The van der Waals surface area contributed by atoms with E-state index in [0.717, 1.165) is 12.8 Å². The fourth-order valence-corrected chi connectivity index (χ4v) is 1.17. The van der Waals surface area contributed by atoms with Gasteiger partial charge in [-0.2, -0.15) is 5.26 Å². The summed E-state index contributed by atoms with van der Waals surface area (Å²) in [6.45, 7) is 2.06. The minimum absolute atomic E-state index is 0.102. The zero-order valence-electron chi connectivity index (χ0n) is 5.92. The summed E-state index contributed by atoms with van der Waals surface area (Å²) in [6, 6.07) is 0. The molecule has 1 saturated carbocycles. The average molecular weight is 138 g/mol. The van der Waals surface area contributed by atoms with Crippen LogP contribution >= 0.6 is 0 Å². The summed E-state index contributed by atoms with van der Waals surface area (Å²) in [7, 11) is 0. The van der Waals surface area contributed by atoms with Crippen molar-refractivity contribution in [3.63, 3.8) is 0 Å². The number of carbonyl (C=O) groups is 1. The quantitative estimate of drug-likeness (QED) is 0.449. The topological polar surface area (TPSA) is 52.9 Å². The Bertz CT molecular complexity index is 183. The van der Waals surface area contributed by atoms with Gasteiger partial charge in [0.05, 0.1) is 0 Å². The Morgan fingerprint density at radius 2 is 2.60 bits per heavy atom. The van der Waals surface area contributed by atoms with E-state index in [1.165, 1.54) is 0 Å². The van der Waals surface area contributed by atoms with Gasteiger partial charge in [0.25, 0.3) is 0 Å². The summed E-state index contributed by atoms with van der Waals surface area (Å²) in [5, 5.41) is 10.2. The fraction of sp³-hybridized carbons (Fsp3) is 0.714. The summed E-state index contributed by atoms with van der Waals surface area (Å²) < 4.78 is 0. The summed E-state index contributed by atoms with van der Waals surface area (Å²) >= 11 is 0. The number of nitrogens with zero attached hydrogens (tertiary/aromatic N) is 1. The fourth-order valence-electron chi connectivity index (χ4n) is 1.17. The molecule has 1 N–H and O–H groups in total. The molecule has 1 rings (SSSR count). The lowest BCUT2D eigenvalue weighted by Gasteiger charge is -1.91. The maximum Gasteiger partial charge on any atom is 0.236 e. The van der Waals surface area contributed by atoms with Crippen molar-refractivity contribution in [3.05, 3.63) is 0 Å². The molecule has 1 aliphatic carbocycles. The molecule has 2 atom stereocenters. The van der Waals surface area contributed by atoms with E-state index in [1.807, 2.05) is 0 Å². The molecule has 0 spiro atoms. The molecule has 54 valence electrons. The number of rotatable bonds is 2. The first-order chi connectivity index (χ1) is 4.79. The molecule has 0 aromatic carbocycles. The van der Waals surface area contributed by atoms with Crippen molar-refractivity contribution in [2.75, 3.05) is 0 Å². The van der Waals surface area contributed by atoms with Crippen LogP contribution in [0.15, 0.2) is 0 Å². The zero-order chi connectivity index (χ0) is 7.56. The van der Waals surface area contributed by atoms with Crippen LogP contribution in [-0.4, -0.2) is 5.91 Å². The van der Waals surface area contributed by atoms with Crippen LogP contribution in [0.3, 0.4) is 0 Å². The predicted octanol–water partition coefficient (Wildman–Crippen LogP) is 0.630. The first kappa shape index (κ1) is 7.07. The van der Waals surface area contributed by atoms with Crippen LogP contribution in [0.4, 0.5) is 0 Å². The van der Waals surface area contributed by atoms with Gasteiger partial charge in [-0.3, -0.25) is 10.1 Å². The van der Waals surface area contributed by atoms with Crippen molar-refractivity contribution in [3.8, 4) is 6.19 Å². The highest BCUT2D eigenvalue weighted by Crippen LogP contribution is 2.40. The number of hydrogen-bond acceptors (Lipinski definition) is 2. The number of carbonyl (C=O) groups excluding carboxylic acids is 1. The van der Waals surface area contributed by atoms with E-state index in [4.69, 9.17) is 5.26 Å². The van der Waals surface area contributed by atoms with Crippen molar-refractivity contribution >= 4 is 5.91 Å². The van der Waals surface area contributed by atoms with Crippen molar-refractivity contribution in [2.24, 2.45) is 11.8 Å². The molecular weight excluding hydrogens is 128 g/mol. The molecule has 0 heterocycles. The third-order valence-electron chi connectivity index (χ3n) is 1.96. The Morgan fingerprint density at radius 1 is 1.90 bits per heavy atom. The average Bonchev–Trinajstić information content (AvgIpc) is 2.66. The highest BCUT2D eigenvalue weighted by atomic mass is 16.2. The van der Waals surface area contributed by atoms with E-state index in [2.05, 4.69) is 12.2 Å². The van der Waals surface area contributed by atoms with Crippen LogP contribution in [0.1, 0.15) is 19.8 Å². The number of nitrogens with one attached hydrogen (secondary N) is 1. The second-order valence-electron chi connectivity index (χ2n) is 2.61. The summed E-state index contributed by atoms with van der Waals surface area (Å²) in [6.07, 6.45) is 3.64. The van der Waals surface area contributed by atoms with Crippen molar-refractivity contribution < 1.29 is 4.79 Å². The largest absolute Gasteiger partial charge is 0.274 e. The highest BCUT2D eigenvalue weighted by molar-refractivity contribution is 5.82. The lowest BCUT2D eigenvalue weighted by Crippen LogP contribution is -2.19. The Balaban J connectivity index is 2.27. The van der Waals surface area contributed by atoms with E-state index >= 15 is 0 Å². The van der Waals surface area contributed by atoms with Crippen LogP contribution < -0.4 is 5.32 Å². The van der Waals surface area contributed by atoms with Gasteiger partial charge in [-0.05, 0) is 12.3 Å². The van der Waals surface area contributed by atoms with Crippen LogP contribution in [-0.2, 0) is 4.79 Å². The van der Waals surface area contributed by atoms with Gasteiger partial charge in [0.15, 0.2) is 6.19 Å². The Labute approximate surface area is 60.0 Å². The third kappa shape index (κ3) is 1.27. The maximum atomic E-state index is 10.8. The molecule has 1 amide bonds.